The van der Waals surface area contributed by atoms with Gasteiger partial charge in [-0.1, -0.05) is 17.7 Å². The molecule has 1 aliphatic heterocycles. The Morgan fingerprint density at radius 3 is 2.77 bits per heavy atom. The lowest BCUT2D eigenvalue weighted by atomic mass is 9.91. The summed E-state index contributed by atoms with van der Waals surface area (Å²) in [4.78, 5) is 24.6. The first-order chi connectivity index (χ1) is 10.4. The Bertz CT molecular complexity index is 554. The van der Waals surface area contributed by atoms with Gasteiger partial charge in [-0.15, -0.1) is 0 Å². The van der Waals surface area contributed by atoms with E-state index in [1.54, 1.807) is 38.1 Å². The maximum atomic E-state index is 12.3. The zero-order valence-corrected chi connectivity index (χ0v) is 13.6. The Morgan fingerprint density at radius 2 is 2.14 bits per heavy atom. The van der Waals surface area contributed by atoms with E-state index in [4.69, 9.17) is 16.3 Å². The zero-order valence-electron chi connectivity index (χ0n) is 12.8. The fraction of sp³-hybridized carbons (Fsp3) is 0.500. The molecule has 1 aromatic rings. The summed E-state index contributed by atoms with van der Waals surface area (Å²) in [7, 11) is 0. The van der Waals surface area contributed by atoms with Gasteiger partial charge >= 0.3 is 0 Å². The molecular formula is C16H21ClN2O3. The van der Waals surface area contributed by atoms with Crippen LogP contribution in [0.1, 0.15) is 26.7 Å². The third-order valence-electron chi connectivity index (χ3n) is 3.73. The van der Waals surface area contributed by atoms with E-state index in [-0.39, 0.29) is 17.9 Å². The highest BCUT2D eigenvalue weighted by Gasteiger charge is 2.36. The van der Waals surface area contributed by atoms with Crippen LogP contribution in [-0.2, 0) is 14.3 Å². The zero-order chi connectivity index (χ0) is 16.2. The molecule has 2 rings (SSSR count). The lowest BCUT2D eigenvalue weighted by Crippen LogP contribution is -2.47. The van der Waals surface area contributed by atoms with E-state index >= 15 is 0 Å². The Balaban J connectivity index is 1.92. The van der Waals surface area contributed by atoms with Crippen molar-refractivity contribution in [3.8, 4) is 0 Å². The van der Waals surface area contributed by atoms with Gasteiger partial charge in [-0.2, -0.15) is 0 Å². The first-order valence-electron chi connectivity index (χ1n) is 7.36. The van der Waals surface area contributed by atoms with Gasteiger partial charge < -0.3 is 15.4 Å². The number of carbonyl (C=O) groups is 2. The van der Waals surface area contributed by atoms with E-state index < -0.39 is 5.41 Å². The predicted molar refractivity (Wildman–Crippen MR) is 85.8 cm³/mol. The van der Waals surface area contributed by atoms with Crippen molar-refractivity contribution in [2.24, 2.45) is 5.41 Å². The van der Waals surface area contributed by atoms with Crippen LogP contribution in [0.3, 0.4) is 0 Å². The van der Waals surface area contributed by atoms with Crippen LogP contribution in [0.5, 0.6) is 0 Å². The minimum Gasteiger partial charge on any atom is -0.376 e. The Labute approximate surface area is 135 Å². The van der Waals surface area contributed by atoms with E-state index in [2.05, 4.69) is 10.6 Å². The van der Waals surface area contributed by atoms with Gasteiger partial charge in [0.25, 0.3) is 0 Å². The number of hydrogen-bond donors (Lipinski definition) is 2. The summed E-state index contributed by atoms with van der Waals surface area (Å²) in [6.45, 7) is 4.36. The number of rotatable bonds is 5. The topological polar surface area (TPSA) is 67.4 Å². The van der Waals surface area contributed by atoms with Crippen LogP contribution >= 0.6 is 11.6 Å². The molecule has 5 nitrogen and oxygen atoms in total. The van der Waals surface area contributed by atoms with Crippen molar-refractivity contribution in [2.45, 2.75) is 32.8 Å². The van der Waals surface area contributed by atoms with Gasteiger partial charge in [0, 0.05) is 23.9 Å². The second kappa shape index (κ2) is 7.11. The number of amides is 2. The van der Waals surface area contributed by atoms with Crippen molar-refractivity contribution in [2.75, 3.05) is 18.5 Å². The molecule has 1 unspecified atom stereocenters. The number of ether oxygens (including phenoxy) is 1. The van der Waals surface area contributed by atoms with E-state index in [0.717, 1.165) is 19.4 Å². The number of halogens is 1. The average Bonchev–Trinajstić information content (AvgIpc) is 2.97. The molecule has 0 radical (unpaired) electrons. The minimum absolute atomic E-state index is 0.0516. The van der Waals surface area contributed by atoms with Crippen molar-refractivity contribution in [1.29, 1.82) is 0 Å². The first-order valence-corrected chi connectivity index (χ1v) is 7.74. The molecule has 0 saturated carbocycles. The molecule has 2 N–H and O–H groups in total. The molecule has 1 heterocycles. The largest absolute Gasteiger partial charge is 0.376 e. The SMILES string of the molecule is CC(C)(C(=O)NCC1CCCO1)C(=O)Nc1cccc(Cl)c1. The van der Waals surface area contributed by atoms with Crippen LogP contribution in [0.25, 0.3) is 0 Å². The lowest BCUT2D eigenvalue weighted by Gasteiger charge is -2.23. The smallest absolute Gasteiger partial charge is 0.239 e. The maximum absolute atomic E-state index is 12.3. The predicted octanol–water partition coefficient (Wildman–Crippen LogP) is 2.60. The van der Waals surface area contributed by atoms with Gasteiger partial charge in [-0.25, -0.2) is 0 Å². The van der Waals surface area contributed by atoms with Crippen LogP contribution in [0, 0.1) is 5.41 Å². The average molecular weight is 325 g/mol. The summed E-state index contributed by atoms with van der Waals surface area (Å²) in [6, 6.07) is 6.82. The lowest BCUT2D eigenvalue weighted by molar-refractivity contribution is -0.138. The number of anilines is 1. The van der Waals surface area contributed by atoms with E-state index in [1.807, 2.05) is 0 Å². The molecule has 22 heavy (non-hydrogen) atoms. The van der Waals surface area contributed by atoms with E-state index in [0.29, 0.717) is 17.3 Å². The molecule has 1 aliphatic rings. The molecule has 0 spiro atoms. The van der Waals surface area contributed by atoms with Crippen molar-refractivity contribution in [3.63, 3.8) is 0 Å². The summed E-state index contributed by atoms with van der Waals surface area (Å²) in [5.74, 6) is -0.692. The Kier molecular flexibility index (Phi) is 5.42. The molecule has 0 aliphatic carbocycles. The molecule has 1 aromatic carbocycles. The fourth-order valence-corrected chi connectivity index (χ4v) is 2.38. The third-order valence-corrected chi connectivity index (χ3v) is 3.97. The van der Waals surface area contributed by atoms with Crippen LogP contribution in [0.15, 0.2) is 24.3 Å². The summed E-state index contributed by atoms with van der Waals surface area (Å²) in [5, 5.41) is 6.03. The van der Waals surface area contributed by atoms with Gasteiger partial charge in [-0.05, 0) is 44.9 Å². The standard InChI is InChI=1S/C16H21ClN2O3/c1-16(2,14(20)18-10-13-7-4-8-22-13)15(21)19-12-6-3-5-11(17)9-12/h3,5-6,9,13H,4,7-8,10H2,1-2H3,(H,18,20)(H,19,21). The number of carbonyl (C=O) groups excluding carboxylic acids is 2. The molecule has 1 fully saturated rings. The molecule has 0 bridgehead atoms. The second-order valence-electron chi connectivity index (χ2n) is 5.93. The van der Waals surface area contributed by atoms with Crippen molar-refractivity contribution in [1.82, 2.24) is 5.32 Å². The summed E-state index contributed by atoms with van der Waals surface area (Å²) in [5.41, 5.74) is -0.613. The molecular weight excluding hydrogens is 304 g/mol. The first kappa shape index (κ1) is 16.8. The van der Waals surface area contributed by atoms with Gasteiger partial charge in [-0.3, -0.25) is 9.59 Å². The molecule has 120 valence electrons. The molecule has 1 saturated heterocycles. The normalized spacial score (nSPS) is 18.0. The van der Waals surface area contributed by atoms with Crippen molar-refractivity contribution < 1.29 is 14.3 Å². The van der Waals surface area contributed by atoms with Crippen LogP contribution in [0.4, 0.5) is 5.69 Å². The number of benzene rings is 1. The van der Waals surface area contributed by atoms with Crippen LogP contribution in [-0.4, -0.2) is 31.1 Å². The highest BCUT2D eigenvalue weighted by molar-refractivity contribution is 6.31. The van der Waals surface area contributed by atoms with Gasteiger partial charge in [0.2, 0.25) is 11.8 Å². The highest BCUT2D eigenvalue weighted by Crippen LogP contribution is 2.21. The number of nitrogens with one attached hydrogen (secondary N) is 2. The monoisotopic (exact) mass is 324 g/mol. The fourth-order valence-electron chi connectivity index (χ4n) is 2.19. The summed E-state index contributed by atoms with van der Waals surface area (Å²) >= 11 is 5.88. The van der Waals surface area contributed by atoms with Gasteiger partial charge in [0.15, 0.2) is 0 Å². The molecule has 6 heteroatoms. The van der Waals surface area contributed by atoms with Crippen molar-refractivity contribution >= 4 is 29.1 Å². The van der Waals surface area contributed by atoms with Crippen molar-refractivity contribution in [3.05, 3.63) is 29.3 Å². The Hall–Kier alpha value is -1.59. The van der Waals surface area contributed by atoms with E-state index in [1.165, 1.54) is 0 Å². The van der Waals surface area contributed by atoms with Gasteiger partial charge in [0.1, 0.15) is 5.41 Å². The molecule has 1 atom stereocenters. The van der Waals surface area contributed by atoms with Crippen LogP contribution in [0.2, 0.25) is 5.02 Å². The Morgan fingerprint density at radius 1 is 1.36 bits per heavy atom. The summed E-state index contributed by atoms with van der Waals surface area (Å²) < 4.78 is 5.46. The quantitative estimate of drug-likeness (QED) is 0.818. The van der Waals surface area contributed by atoms with Gasteiger partial charge in [0.05, 0.1) is 6.10 Å². The second-order valence-corrected chi connectivity index (χ2v) is 6.37. The van der Waals surface area contributed by atoms with Crippen LogP contribution < -0.4 is 10.6 Å². The van der Waals surface area contributed by atoms with E-state index in [9.17, 15) is 9.59 Å². The minimum atomic E-state index is -1.18. The third kappa shape index (κ3) is 4.21. The maximum Gasteiger partial charge on any atom is 0.239 e. The molecule has 0 aromatic heterocycles. The highest BCUT2D eigenvalue weighted by atomic mass is 35.5. The summed E-state index contributed by atoms with van der Waals surface area (Å²) in [6.07, 6.45) is 2.00. The molecule has 2 amide bonds. The number of hydrogen-bond acceptors (Lipinski definition) is 3.